The second-order valence-electron chi connectivity index (χ2n) is 11.9. The highest BCUT2D eigenvalue weighted by atomic mass is 16.3. The van der Waals surface area contributed by atoms with E-state index in [-0.39, 0.29) is 6.10 Å². The molecule has 0 bridgehead atoms. The Labute approximate surface area is 270 Å². The van der Waals surface area contributed by atoms with Crippen molar-refractivity contribution in [2.75, 3.05) is 7.05 Å². The molecule has 0 spiro atoms. The molecule has 1 fully saturated rings. The molecule has 0 radical (unpaired) electrons. The van der Waals surface area contributed by atoms with Gasteiger partial charge in [0.25, 0.3) is 0 Å². The minimum Gasteiger partial charge on any atom is -0.393 e. The fourth-order valence-electron chi connectivity index (χ4n) is 5.71. The number of unbranched alkanes of at least 4 members (excludes halogenated alkanes) is 3. The number of benzene rings is 3. The molecule has 0 aromatic heterocycles. The van der Waals surface area contributed by atoms with Gasteiger partial charge < -0.3 is 20.3 Å². The zero-order chi connectivity index (χ0) is 31.9. The molecule has 0 heterocycles. The first-order valence-corrected chi connectivity index (χ1v) is 16.3. The number of hydrogen-bond acceptors (Lipinski definition) is 4. The fourth-order valence-corrected chi connectivity index (χ4v) is 5.71. The van der Waals surface area contributed by atoms with Gasteiger partial charge in [-0.3, -0.25) is 0 Å². The Balaban J connectivity index is 1.74. The monoisotopic (exact) mass is 600 g/mol. The van der Waals surface area contributed by atoms with Crippen molar-refractivity contribution in [1.29, 1.82) is 5.41 Å². The summed E-state index contributed by atoms with van der Waals surface area (Å²) in [5.74, 6) is 7.41. The second kappa shape index (κ2) is 17.8. The van der Waals surface area contributed by atoms with E-state index >= 15 is 0 Å². The Morgan fingerprint density at radius 2 is 1.60 bits per heavy atom. The summed E-state index contributed by atoms with van der Waals surface area (Å²) in [5.41, 5.74) is 5.68. The molecule has 45 heavy (non-hydrogen) atoms. The third kappa shape index (κ3) is 10.3. The number of aliphatic hydroxyl groups is 1. The summed E-state index contributed by atoms with van der Waals surface area (Å²) in [6.45, 7) is 7.85. The van der Waals surface area contributed by atoms with Crippen LogP contribution in [-0.2, 0) is 13.1 Å². The number of hydrogen-bond donors (Lipinski definition) is 2. The highest BCUT2D eigenvalue weighted by Gasteiger charge is 2.22. The average molecular weight is 601 g/mol. The highest BCUT2D eigenvalue weighted by molar-refractivity contribution is 5.99. The van der Waals surface area contributed by atoms with Crippen LogP contribution < -0.4 is 0 Å². The van der Waals surface area contributed by atoms with Gasteiger partial charge >= 0.3 is 0 Å². The van der Waals surface area contributed by atoms with E-state index < -0.39 is 0 Å². The average Bonchev–Trinajstić information content (AvgIpc) is 3.07. The molecule has 3 aromatic carbocycles. The van der Waals surface area contributed by atoms with Crippen LogP contribution in [0.2, 0.25) is 0 Å². The maximum atomic E-state index is 10.0. The third-order valence-corrected chi connectivity index (χ3v) is 8.39. The van der Waals surface area contributed by atoms with E-state index in [2.05, 4.69) is 90.7 Å². The lowest BCUT2D eigenvalue weighted by atomic mass is 9.92. The third-order valence-electron chi connectivity index (χ3n) is 8.39. The van der Waals surface area contributed by atoms with Gasteiger partial charge in [-0.05, 0) is 66.5 Å². The van der Waals surface area contributed by atoms with Crippen molar-refractivity contribution in [1.82, 2.24) is 9.80 Å². The summed E-state index contributed by atoms with van der Waals surface area (Å²) in [7, 11) is 2.06. The largest absolute Gasteiger partial charge is 0.393 e. The van der Waals surface area contributed by atoms with Gasteiger partial charge in [-0.25, -0.2) is 4.99 Å². The highest BCUT2D eigenvalue weighted by Crippen LogP contribution is 2.28. The van der Waals surface area contributed by atoms with Crippen LogP contribution in [0.4, 0.5) is 0 Å². The van der Waals surface area contributed by atoms with E-state index in [0.29, 0.717) is 30.5 Å². The van der Waals surface area contributed by atoms with Gasteiger partial charge in [-0.15, -0.1) is 0 Å². The van der Waals surface area contributed by atoms with Crippen LogP contribution in [0.1, 0.15) is 80.5 Å². The van der Waals surface area contributed by atoms with E-state index in [0.717, 1.165) is 66.4 Å². The van der Waals surface area contributed by atoms with E-state index in [9.17, 15) is 5.11 Å². The van der Waals surface area contributed by atoms with Crippen LogP contribution in [0.15, 0.2) is 108 Å². The molecule has 0 saturated heterocycles. The zero-order valence-corrected chi connectivity index (χ0v) is 27.0. The first-order valence-electron chi connectivity index (χ1n) is 16.3. The molecule has 0 unspecified atom stereocenters. The van der Waals surface area contributed by atoms with Crippen molar-refractivity contribution < 1.29 is 5.11 Å². The maximum Gasteiger partial charge on any atom is 0.140 e. The summed E-state index contributed by atoms with van der Waals surface area (Å²) in [6, 6.07) is 29.2. The van der Waals surface area contributed by atoms with Crippen LogP contribution in [0.25, 0.3) is 5.57 Å². The summed E-state index contributed by atoms with van der Waals surface area (Å²) in [6.07, 6.45) is 11.0. The van der Waals surface area contributed by atoms with Gasteiger partial charge in [0.05, 0.1) is 12.4 Å². The topological polar surface area (TPSA) is 62.9 Å². The molecule has 2 N–H and O–H groups in total. The smallest absolute Gasteiger partial charge is 0.140 e. The molecule has 5 nitrogen and oxygen atoms in total. The Kier molecular flexibility index (Phi) is 13.2. The van der Waals surface area contributed by atoms with Crippen molar-refractivity contribution in [3.8, 4) is 11.8 Å². The lowest BCUT2D eigenvalue weighted by molar-refractivity contribution is 0.103. The van der Waals surface area contributed by atoms with Gasteiger partial charge in [-0.2, -0.15) is 0 Å². The summed E-state index contributed by atoms with van der Waals surface area (Å²) in [5, 5.41) is 18.6. The minimum atomic E-state index is -0.209. The van der Waals surface area contributed by atoms with Crippen LogP contribution in [0.5, 0.6) is 0 Å². The number of rotatable bonds is 14. The standard InChI is InChI=1S/C40H48N4O/c1-4-5-6-7-10-16-33-19-15-20-35(27-33)30-44(29-34-17-11-8-12-18-34)40(39(28-41)32(2)36-21-13-9-14-22-36)42-31-43(3)37-23-25-38(45)26-24-37/h8-9,11-15,17-22,27-28,31,37-38,41,45H,2,4-7,23-26,29-30H2,1,3H3/b40-39-,41-28?,42-31-. The van der Waals surface area contributed by atoms with Crippen LogP contribution in [0.3, 0.4) is 0 Å². The maximum absolute atomic E-state index is 10.0. The number of allylic oxidation sites excluding steroid dienone is 2. The molecular weight excluding hydrogens is 552 g/mol. The van der Waals surface area contributed by atoms with E-state index in [1.165, 1.54) is 19.1 Å². The lowest BCUT2D eigenvalue weighted by Gasteiger charge is -2.32. The predicted molar refractivity (Wildman–Crippen MR) is 189 cm³/mol. The molecule has 3 aromatic rings. The second-order valence-corrected chi connectivity index (χ2v) is 11.9. The summed E-state index contributed by atoms with van der Waals surface area (Å²) < 4.78 is 0. The molecular formula is C40H48N4O. The summed E-state index contributed by atoms with van der Waals surface area (Å²) in [4.78, 5) is 9.54. The Bertz CT molecular complexity index is 1490. The molecule has 4 rings (SSSR count). The molecule has 0 aliphatic heterocycles. The van der Waals surface area contributed by atoms with Crippen molar-refractivity contribution in [3.63, 3.8) is 0 Å². The SMILES string of the molecule is C=C(/C(C=N)=C(/N=C\N(C)C1CCC(O)CC1)N(Cc1ccccc1)Cc1cccc(C#CCCCCC)c1)c1ccccc1. The molecule has 1 saturated carbocycles. The van der Waals surface area contributed by atoms with Crippen LogP contribution >= 0.6 is 0 Å². The molecule has 0 atom stereocenters. The molecule has 234 valence electrons. The van der Waals surface area contributed by atoms with Crippen LogP contribution in [-0.4, -0.2) is 46.7 Å². The van der Waals surface area contributed by atoms with Crippen molar-refractivity contribution >= 4 is 18.1 Å². The quantitative estimate of drug-likeness (QED) is 0.0642. The molecule has 1 aliphatic carbocycles. The molecule has 5 heteroatoms. The number of nitrogens with zero attached hydrogens (tertiary/aromatic N) is 3. The van der Waals surface area contributed by atoms with Crippen LogP contribution in [0, 0.1) is 17.3 Å². The Hall–Kier alpha value is -4.40. The van der Waals surface area contributed by atoms with Gasteiger partial charge in [0, 0.05) is 50.0 Å². The van der Waals surface area contributed by atoms with Crippen molar-refractivity contribution in [2.24, 2.45) is 4.99 Å². The Morgan fingerprint density at radius 1 is 0.933 bits per heavy atom. The van der Waals surface area contributed by atoms with E-state index in [1.54, 1.807) is 0 Å². The minimum absolute atomic E-state index is 0.209. The van der Waals surface area contributed by atoms with Crippen molar-refractivity contribution in [2.45, 2.75) is 83.5 Å². The van der Waals surface area contributed by atoms with E-state index in [4.69, 9.17) is 10.4 Å². The first kappa shape index (κ1) is 33.5. The predicted octanol–water partition coefficient (Wildman–Crippen LogP) is 8.46. The zero-order valence-electron chi connectivity index (χ0n) is 27.0. The number of nitrogens with one attached hydrogen (secondary N) is 1. The molecule has 1 aliphatic rings. The van der Waals surface area contributed by atoms with Gasteiger partial charge in [0.15, 0.2) is 0 Å². The normalized spacial score (nSPS) is 16.8. The lowest BCUT2D eigenvalue weighted by Crippen LogP contribution is -2.35. The van der Waals surface area contributed by atoms with E-state index in [1.807, 2.05) is 42.7 Å². The van der Waals surface area contributed by atoms with Crippen molar-refractivity contribution in [3.05, 3.63) is 125 Å². The number of aliphatic hydroxyl groups excluding tert-OH is 1. The van der Waals surface area contributed by atoms with Gasteiger partial charge in [0.2, 0.25) is 0 Å². The number of aliphatic imine (C=N–C) groups is 1. The first-order chi connectivity index (χ1) is 22.0. The summed E-state index contributed by atoms with van der Waals surface area (Å²) >= 11 is 0. The fraction of sp³-hybridized carbons (Fsp3) is 0.350. The van der Waals surface area contributed by atoms with Gasteiger partial charge in [0.1, 0.15) is 5.82 Å². The Morgan fingerprint density at radius 3 is 2.29 bits per heavy atom. The van der Waals surface area contributed by atoms with Gasteiger partial charge in [-0.1, -0.05) is 111 Å². The molecule has 0 amide bonds.